The molecule has 2 atom stereocenters. The Morgan fingerprint density at radius 3 is 2.93 bits per heavy atom. The molecule has 0 aromatic carbocycles. The maximum absolute atomic E-state index is 11.2. The average molecular weight is 276 g/mol. The van der Waals surface area contributed by atoms with Crippen molar-refractivity contribution < 1.29 is 5.11 Å². The fourth-order valence-corrected chi connectivity index (χ4v) is 1.34. The van der Waals surface area contributed by atoms with Crippen LogP contribution in [-0.2, 0) is 0 Å². The minimum atomic E-state index is -0.274. The molecule has 1 aromatic heterocycles. The summed E-state index contributed by atoms with van der Waals surface area (Å²) in [6.45, 7) is 3.96. The number of aromatic nitrogens is 2. The number of nitrogens with one attached hydrogen (secondary N) is 2. The van der Waals surface area contributed by atoms with Crippen LogP contribution >= 0.6 is 15.9 Å². The molecule has 0 aliphatic heterocycles. The van der Waals surface area contributed by atoms with Crippen molar-refractivity contribution in [1.82, 2.24) is 10.2 Å². The van der Waals surface area contributed by atoms with E-state index in [9.17, 15) is 4.79 Å². The van der Waals surface area contributed by atoms with Crippen LogP contribution < -0.4 is 10.9 Å². The molecule has 1 heterocycles. The van der Waals surface area contributed by atoms with Gasteiger partial charge in [-0.2, -0.15) is 5.10 Å². The van der Waals surface area contributed by atoms with E-state index in [1.54, 1.807) is 0 Å². The maximum Gasteiger partial charge on any atom is 0.280 e. The van der Waals surface area contributed by atoms with Gasteiger partial charge in [0.2, 0.25) is 0 Å². The normalized spacial score (nSPS) is 14.7. The highest BCUT2D eigenvalue weighted by Crippen LogP contribution is 2.18. The quantitative estimate of drug-likeness (QED) is 0.765. The van der Waals surface area contributed by atoms with Crippen molar-refractivity contribution in [3.05, 3.63) is 21.0 Å². The number of aromatic amines is 1. The zero-order valence-electron chi connectivity index (χ0n) is 8.62. The number of H-pyrrole nitrogens is 1. The molecule has 5 nitrogen and oxygen atoms in total. The van der Waals surface area contributed by atoms with Crippen molar-refractivity contribution in [3.8, 4) is 0 Å². The van der Waals surface area contributed by atoms with Crippen LogP contribution in [0.1, 0.15) is 13.8 Å². The Labute approximate surface area is 96.0 Å². The number of hydrogen-bond acceptors (Lipinski definition) is 4. The molecule has 0 radical (unpaired) electrons. The minimum absolute atomic E-state index is 0.0647. The van der Waals surface area contributed by atoms with E-state index < -0.39 is 0 Å². The third-order valence-corrected chi connectivity index (χ3v) is 3.11. The van der Waals surface area contributed by atoms with Crippen LogP contribution in [0.2, 0.25) is 0 Å². The Balaban J connectivity index is 2.81. The minimum Gasteiger partial charge on any atom is -0.396 e. The first-order valence-electron chi connectivity index (χ1n) is 4.66. The topological polar surface area (TPSA) is 78.0 Å². The molecule has 15 heavy (non-hydrogen) atoms. The van der Waals surface area contributed by atoms with E-state index in [2.05, 4.69) is 31.4 Å². The van der Waals surface area contributed by atoms with Crippen LogP contribution in [-0.4, -0.2) is 28.0 Å². The first kappa shape index (κ1) is 12.2. The van der Waals surface area contributed by atoms with Gasteiger partial charge in [-0.25, -0.2) is 5.10 Å². The van der Waals surface area contributed by atoms with Crippen molar-refractivity contribution in [2.45, 2.75) is 19.9 Å². The fraction of sp³-hybridized carbons (Fsp3) is 0.556. The van der Waals surface area contributed by atoms with Gasteiger partial charge in [0.15, 0.2) is 0 Å². The Hall–Kier alpha value is -0.880. The van der Waals surface area contributed by atoms with Crippen LogP contribution in [0.4, 0.5) is 5.69 Å². The molecule has 0 aliphatic rings. The second-order valence-electron chi connectivity index (χ2n) is 3.52. The number of rotatable bonds is 4. The predicted molar refractivity (Wildman–Crippen MR) is 61.9 cm³/mol. The smallest absolute Gasteiger partial charge is 0.280 e. The number of hydrogen-bond donors (Lipinski definition) is 3. The second kappa shape index (κ2) is 5.27. The van der Waals surface area contributed by atoms with Gasteiger partial charge in [-0.1, -0.05) is 6.92 Å². The van der Waals surface area contributed by atoms with Crippen LogP contribution in [0.5, 0.6) is 0 Å². The molecule has 1 rings (SSSR count). The van der Waals surface area contributed by atoms with Gasteiger partial charge in [-0.15, -0.1) is 0 Å². The standard InChI is InChI=1S/C9H14BrN3O2/c1-5(4-14)6(2)12-7-3-11-13-9(15)8(7)10/h3,5-6,14H,4H2,1-2H3,(H2,12,13,15). The lowest BCUT2D eigenvalue weighted by Crippen LogP contribution is -2.27. The number of halogens is 1. The highest BCUT2D eigenvalue weighted by Gasteiger charge is 2.13. The Bertz CT molecular complexity index is 380. The highest BCUT2D eigenvalue weighted by atomic mass is 79.9. The molecule has 0 bridgehead atoms. The van der Waals surface area contributed by atoms with E-state index in [0.717, 1.165) is 0 Å². The van der Waals surface area contributed by atoms with Crippen molar-refractivity contribution in [1.29, 1.82) is 0 Å². The molecule has 6 heteroatoms. The summed E-state index contributed by atoms with van der Waals surface area (Å²) in [6.07, 6.45) is 1.53. The summed E-state index contributed by atoms with van der Waals surface area (Å²) >= 11 is 3.17. The molecule has 0 fully saturated rings. The summed E-state index contributed by atoms with van der Waals surface area (Å²) in [5.41, 5.74) is 0.357. The van der Waals surface area contributed by atoms with Crippen LogP contribution in [0, 0.1) is 5.92 Å². The van der Waals surface area contributed by atoms with E-state index in [1.165, 1.54) is 6.20 Å². The monoisotopic (exact) mass is 275 g/mol. The first-order valence-corrected chi connectivity index (χ1v) is 5.46. The second-order valence-corrected chi connectivity index (χ2v) is 4.31. The Morgan fingerprint density at radius 2 is 2.33 bits per heavy atom. The summed E-state index contributed by atoms with van der Waals surface area (Å²) in [4.78, 5) is 11.2. The summed E-state index contributed by atoms with van der Waals surface area (Å²) < 4.78 is 0.425. The van der Waals surface area contributed by atoms with E-state index in [0.29, 0.717) is 10.2 Å². The van der Waals surface area contributed by atoms with Gasteiger partial charge in [0.25, 0.3) is 5.56 Å². The molecule has 84 valence electrons. The first-order chi connectivity index (χ1) is 7.06. The molecular formula is C9H14BrN3O2. The number of nitrogens with zero attached hydrogens (tertiary/aromatic N) is 1. The largest absolute Gasteiger partial charge is 0.396 e. The number of anilines is 1. The van der Waals surface area contributed by atoms with Gasteiger partial charge in [0, 0.05) is 12.6 Å². The van der Waals surface area contributed by atoms with Crippen molar-refractivity contribution >= 4 is 21.6 Å². The van der Waals surface area contributed by atoms with Gasteiger partial charge in [-0.05, 0) is 28.8 Å². The zero-order valence-corrected chi connectivity index (χ0v) is 10.2. The van der Waals surface area contributed by atoms with Gasteiger partial charge in [0.1, 0.15) is 4.47 Å². The molecule has 1 aromatic rings. The lowest BCUT2D eigenvalue weighted by Gasteiger charge is -2.20. The van der Waals surface area contributed by atoms with Gasteiger partial charge < -0.3 is 10.4 Å². The lowest BCUT2D eigenvalue weighted by molar-refractivity contribution is 0.226. The third-order valence-electron chi connectivity index (χ3n) is 2.32. The van der Waals surface area contributed by atoms with Gasteiger partial charge >= 0.3 is 0 Å². The van der Waals surface area contributed by atoms with Crippen molar-refractivity contribution in [2.24, 2.45) is 5.92 Å². The predicted octanol–water partition coefficient (Wildman–Crippen LogP) is 0.961. The molecule has 2 unspecified atom stereocenters. The zero-order chi connectivity index (χ0) is 11.4. The van der Waals surface area contributed by atoms with E-state index >= 15 is 0 Å². The van der Waals surface area contributed by atoms with Crippen molar-refractivity contribution in [2.75, 3.05) is 11.9 Å². The van der Waals surface area contributed by atoms with Gasteiger partial charge in [0.05, 0.1) is 11.9 Å². The van der Waals surface area contributed by atoms with Crippen molar-refractivity contribution in [3.63, 3.8) is 0 Å². The summed E-state index contributed by atoms with van der Waals surface area (Å²) in [5.74, 6) is 0.108. The van der Waals surface area contributed by atoms with E-state index in [-0.39, 0.29) is 24.1 Å². The highest BCUT2D eigenvalue weighted by molar-refractivity contribution is 9.10. The van der Waals surface area contributed by atoms with Crippen LogP contribution in [0.25, 0.3) is 0 Å². The average Bonchev–Trinajstić information content (AvgIpc) is 2.23. The van der Waals surface area contributed by atoms with Crippen LogP contribution in [0.3, 0.4) is 0 Å². The molecule has 0 aliphatic carbocycles. The van der Waals surface area contributed by atoms with E-state index in [4.69, 9.17) is 5.11 Å². The van der Waals surface area contributed by atoms with Crippen LogP contribution in [0.15, 0.2) is 15.5 Å². The fourth-order valence-electron chi connectivity index (χ4n) is 1.03. The molecule has 0 saturated heterocycles. The summed E-state index contributed by atoms with van der Waals surface area (Å²) in [7, 11) is 0. The Kier molecular flexibility index (Phi) is 4.28. The molecular weight excluding hydrogens is 262 g/mol. The van der Waals surface area contributed by atoms with Gasteiger partial charge in [-0.3, -0.25) is 4.79 Å². The molecule has 0 amide bonds. The number of aliphatic hydroxyl groups is 1. The third kappa shape index (κ3) is 3.04. The SMILES string of the molecule is CC(CO)C(C)Nc1cn[nH]c(=O)c1Br. The Morgan fingerprint density at radius 1 is 1.67 bits per heavy atom. The summed E-state index contributed by atoms with van der Waals surface area (Å²) in [6, 6.07) is 0.0647. The molecule has 0 spiro atoms. The molecule has 0 saturated carbocycles. The number of aliphatic hydroxyl groups excluding tert-OH is 1. The maximum atomic E-state index is 11.2. The summed E-state index contributed by atoms with van der Waals surface area (Å²) in [5, 5.41) is 18.1. The lowest BCUT2D eigenvalue weighted by atomic mass is 10.1. The molecule has 3 N–H and O–H groups in total. The van der Waals surface area contributed by atoms with E-state index in [1.807, 2.05) is 13.8 Å².